The standard InChI is InChI=1S/C15H18BrCl2N3/c1-4-19-14(12-7-10(17)5-6-13(12)16)8-11-9(2)20-21(3)15(11)18/h5-7,14,19H,4,8H2,1-3H3. The fourth-order valence-corrected chi connectivity index (χ4v) is 3.39. The summed E-state index contributed by atoms with van der Waals surface area (Å²) in [5.41, 5.74) is 3.16. The molecule has 0 saturated carbocycles. The number of nitrogens with zero attached hydrogens (tertiary/aromatic N) is 2. The minimum absolute atomic E-state index is 0.128. The molecule has 0 spiro atoms. The molecule has 2 aromatic rings. The molecule has 1 heterocycles. The van der Waals surface area contributed by atoms with Gasteiger partial charge in [-0.05, 0) is 43.7 Å². The summed E-state index contributed by atoms with van der Waals surface area (Å²) >= 11 is 16.1. The summed E-state index contributed by atoms with van der Waals surface area (Å²) < 4.78 is 2.75. The maximum atomic E-state index is 6.35. The summed E-state index contributed by atoms with van der Waals surface area (Å²) in [5, 5.41) is 9.29. The first-order valence-corrected chi connectivity index (χ1v) is 8.35. The van der Waals surface area contributed by atoms with Crippen molar-refractivity contribution >= 4 is 39.1 Å². The van der Waals surface area contributed by atoms with Gasteiger partial charge in [0.05, 0.1) is 5.69 Å². The Morgan fingerprint density at radius 1 is 1.38 bits per heavy atom. The van der Waals surface area contributed by atoms with Crippen LogP contribution in [0.5, 0.6) is 0 Å². The number of nitrogens with one attached hydrogen (secondary N) is 1. The normalized spacial score (nSPS) is 12.7. The van der Waals surface area contributed by atoms with Crippen molar-refractivity contribution in [3.05, 3.63) is 49.7 Å². The van der Waals surface area contributed by atoms with Crippen LogP contribution in [0, 0.1) is 6.92 Å². The van der Waals surface area contributed by atoms with Gasteiger partial charge in [-0.2, -0.15) is 5.10 Å². The molecule has 114 valence electrons. The summed E-state index contributed by atoms with van der Waals surface area (Å²) in [6.07, 6.45) is 0.769. The van der Waals surface area contributed by atoms with Crippen molar-refractivity contribution in [3.8, 4) is 0 Å². The molecule has 0 radical (unpaired) electrons. The average molecular weight is 391 g/mol. The van der Waals surface area contributed by atoms with E-state index in [0.717, 1.165) is 39.3 Å². The zero-order chi connectivity index (χ0) is 15.6. The van der Waals surface area contributed by atoms with Gasteiger partial charge < -0.3 is 5.32 Å². The molecule has 6 heteroatoms. The molecule has 1 N–H and O–H groups in total. The van der Waals surface area contributed by atoms with Crippen LogP contribution in [0.2, 0.25) is 10.2 Å². The fraction of sp³-hybridized carbons (Fsp3) is 0.400. The van der Waals surface area contributed by atoms with Gasteiger partial charge in [-0.25, -0.2) is 0 Å². The lowest BCUT2D eigenvalue weighted by molar-refractivity contribution is 0.547. The van der Waals surface area contributed by atoms with Crippen LogP contribution < -0.4 is 5.32 Å². The monoisotopic (exact) mass is 389 g/mol. The third-order valence-electron chi connectivity index (χ3n) is 3.46. The Labute approximate surface area is 143 Å². The SMILES string of the molecule is CCNC(Cc1c(C)nn(C)c1Cl)c1cc(Cl)ccc1Br. The molecule has 21 heavy (non-hydrogen) atoms. The predicted molar refractivity (Wildman–Crippen MR) is 92.2 cm³/mol. The molecule has 0 aliphatic heterocycles. The highest BCUT2D eigenvalue weighted by Gasteiger charge is 2.20. The Hall–Kier alpha value is -0.550. The van der Waals surface area contributed by atoms with Gasteiger partial charge >= 0.3 is 0 Å². The summed E-state index contributed by atoms with van der Waals surface area (Å²) in [7, 11) is 1.86. The van der Waals surface area contributed by atoms with Gasteiger partial charge in [-0.1, -0.05) is 46.1 Å². The average Bonchev–Trinajstić information content (AvgIpc) is 2.67. The third-order valence-corrected chi connectivity index (χ3v) is 4.89. The molecule has 0 fully saturated rings. The van der Waals surface area contributed by atoms with Crippen molar-refractivity contribution in [2.24, 2.45) is 7.05 Å². The summed E-state index contributed by atoms with van der Waals surface area (Å²) in [6.45, 7) is 4.93. The highest BCUT2D eigenvalue weighted by atomic mass is 79.9. The first-order valence-electron chi connectivity index (χ1n) is 6.80. The molecule has 0 saturated heterocycles. The van der Waals surface area contributed by atoms with Crippen LogP contribution in [-0.4, -0.2) is 16.3 Å². The maximum absolute atomic E-state index is 6.35. The Morgan fingerprint density at radius 2 is 2.10 bits per heavy atom. The second-order valence-corrected chi connectivity index (χ2v) is 6.61. The fourth-order valence-electron chi connectivity index (χ4n) is 2.43. The maximum Gasteiger partial charge on any atom is 0.130 e. The molecule has 1 atom stereocenters. The summed E-state index contributed by atoms with van der Waals surface area (Å²) in [6, 6.07) is 5.96. The van der Waals surface area contributed by atoms with Crippen LogP contribution in [0.25, 0.3) is 0 Å². The molecular formula is C15H18BrCl2N3. The smallest absolute Gasteiger partial charge is 0.130 e. The molecule has 0 amide bonds. The lowest BCUT2D eigenvalue weighted by atomic mass is 9.99. The van der Waals surface area contributed by atoms with Gasteiger partial charge in [0.15, 0.2) is 0 Å². The number of rotatable bonds is 5. The molecule has 0 bridgehead atoms. The van der Waals surface area contributed by atoms with Crippen LogP contribution >= 0.6 is 39.1 Å². The Morgan fingerprint density at radius 3 is 2.67 bits per heavy atom. The predicted octanol–water partition coefficient (Wildman–Crippen LogP) is 4.69. The second-order valence-electron chi connectivity index (χ2n) is 4.96. The van der Waals surface area contributed by atoms with Gasteiger partial charge in [0.25, 0.3) is 0 Å². The third kappa shape index (κ3) is 3.81. The number of aryl methyl sites for hydroxylation is 2. The van der Waals surface area contributed by atoms with E-state index in [0.29, 0.717) is 5.15 Å². The lowest BCUT2D eigenvalue weighted by Gasteiger charge is -2.20. The number of aromatic nitrogens is 2. The molecule has 0 aliphatic rings. The highest BCUT2D eigenvalue weighted by molar-refractivity contribution is 9.10. The van der Waals surface area contributed by atoms with Crippen molar-refractivity contribution < 1.29 is 0 Å². The van der Waals surface area contributed by atoms with Crippen molar-refractivity contribution in [1.29, 1.82) is 0 Å². The van der Waals surface area contributed by atoms with Gasteiger partial charge in [0, 0.05) is 28.1 Å². The van der Waals surface area contributed by atoms with Crippen LogP contribution in [-0.2, 0) is 13.5 Å². The Balaban J connectivity index is 2.37. The zero-order valence-corrected chi connectivity index (χ0v) is 15.3. The molecule has 0 aliphatic carbocycles. The minimum Gasteiger partial charge on any atom is -0.310 e. The van der Waals surface area contributed by atoms with Crippen LogP contribution in [0.15, 0.2) is 22.7 Å². The van der Waals surface area contributed by atoms with E-state index in [1.165, 1.54) is 0 Å². The van der Waals surface area contributed by atoms with Crippen LogP contribution in [0.1, 0.15) is 29.8 Å². The number of halogens is 3. The van der Waals surface area contributed by atoms with E-state index in [2.05, 4.69) is 33.3 Å². The van der Waals surface area contributed by atoms with Crippen LogP contribution in [0.4, 0.5) is 0 Å². The van der Waals surface area contributed by atoms with Gasteiger partial charge in [0.1, 0.15) is 5.15 Å². The Bertz CT molecular complexity index is 640. The molecule has 1 aromatic carbocycles. The van der Waals surface area contributed by atoms with Gasteiger partial charge in [0.2, 0.25) is 0 Å². The topological polar surface area (TPSA) is 29.9 Å². The molecule has 3 nitrogen and oxygen atoms in total. The first kappa shape index (κ1) is 16.8. The largest absolute Gasteiger partial charge is 0.310 e. The summed E-state index contributed by atoms with van der Waals surface area (Å²) in [5.74, 6) is 0. The highest BCUT2D eigenvalue weighted by Crippen LogP contribution is 2.31. The molecule has 2 rings (SSSR count). The number of benzene rings is 1. The molecule has 1 aromatic heterocycles. The van der Waals surface area contributed by atoms with Crippen LogP contribution in [0.3, 0.4) is 0 Å². The minimum atomic E-state index is 0.128. The van der Waals surface area contributed by atoms with E-state index in [1.54, 1.807) is 4.68 Å². The zero-order valence-electron chi connectivity index (χ0n) is 12.3. The summed E-state index contributed by atoms with van der Waals surface area (Å²) in [4.78, 5) is 0. The Kier molecular flexibility index (Phi) is 5.72. The van der Waals surface area contributed by atoms with Crippen molar-refractivity contribution in [3.63, 3.8) is 0 Å². The van der Waals surface area contributed by atoms with E-state index in [4.69, 9.17) is 23.2 Å². The van der Waals surface area contributed by atoms with E-state index >= 15 is 0 Å². The number of hydrogen-bond donors (Lipinski definition) is 1. The van der Waals surface area contributed by atoms with Gasteiger partial charge in [-0.15, -0.1) is 0 Å². The first-order chi connectivity index (χ1) is 9.93. The van der Waals surface area contributed by atoms with Crippen molar-refractivity contribution in [2.45, 2.75) is 26.3 Å². The van der Waals surface area contributed by atoms with Crippen molar-refractivity contribution in [1.82, 2.24) is 15.1 Å². The quantitative estimate of drug-likeness (QED) is 0.802. The van der Waals surface area contributed by atoms with E-state index in [1.807, 2.05) is 32.2 Å². The number of likely N-dealkylation sites (N-methyl/N-ethyl adjacent to an activating group) is 1. The van der Waals surface area contributed by atoms with E-state index < -0.39 is 0 Å². The van der Waals surface area contributed by atoms with E-state index in [9.17, 15) is 0 Å². The van der Waals surface area contributed by atoms with Gasteiger partial charge in [-0.3, -0.25) is 4.68 Å². The molecule has 1 unspecified atom stereocenters. The van der Waals surface area contributed by atoms with E-state index in [-0.39, 0.29) is 6.04 Å². The van der Waals surface area contributed by atoms with Crippen molar-refractivity contribution in [2.75, 3.05) is 6.54 Å². The molecular weight excluding hydrogens is 373 g/mol. The number of hydrogen-bond acceptors (Lipinski definition) is 2. The lowest BCUT2D eigenvalue weighted by Crippen LogP contribution is -2.23. The second kappa shape index (κ2) is 7.14.